The smallest absolute Gasteiger partial charge is 0.0604 e. The van der Waals surface area contributed by atoms with Crippen molar-refractivity contribution in [3.63, 3.8) is 0 Å². The molecule has 1 aliphatic carbocycles. The van der Waals surface area contributed by atoms with Crippen LogP contribution in [0.15, 0.2) is 23.1 Å². The third-order valence-corrected chi connectivity index (χ3v) is 6.14. The molecule has 0 amide bonds. The van der Waals surface area contributed by atoms with Crippen LogP contribution in [0.4, 0.5) is 0 Å². The highest BCUT2D eigenvalue weighted by atomic mass is 35.5. The number of hydrogen-bond donors (Lipinski definition) is 1. The summed E-state index contributed by atoms with van der Waals surface area (Å²) in [6.07, 6.45) is 4.47. The van der Waals surface area contributed by atoms with Gasteiger partial charge in [0, 0.05) is 10.9 Å². The molecule has 3 atom stereocenters. The fourth-order valence-electron chi connectivity index (χ4n) is 2.63. The number of benzene rings is 1. The van der Waals surface area contributed by atoms with Crippen LogP contribution in [0.25, 0.3) is 0 Å². The Labute approximate surface area is 127 Å². The van der Waals surface area contributed by atoms with Gasteiger partial charge in [0.1, 0.15) is 0 Å². The van der Waals surface area contributed by atoms with Crippen molar-refractivity contribution in [2.75, 3.05) is 6.54 Å². The van der Waals surface area contributed by atoms with Gasteiger partial charge in [0.15, 0.2) is 0 Å². The monoisotopic (exact) mass is 319 g/mol. The van der Waals surface area contributed by atoms with E-state index in [2.05, 4.69) is 12.2 Å². The van der Waals surface area contributed by atoms with Crippen molar-refractivity contribution in [2.24, 2.45) is 0 Å². The highest BCUT2D eigenvalue weighted by Gasteiger charge is 2.30. The van der Waals surface area contributed by atoms with E-state index in [1.54, 1.807) is 12.1 Å². The fourth-order valence-corrected chi connectivity index (χ4v) is 4.69. The zero-order chi connectivity index (χ0) is 13.8. The van der Waals surface area contributed by atoms with E-state index < -0.39 is 10.8 Å². The molecule has 3 unspecified atom stereocenters. The molecule has 1 N–H and O–H groups in total. The Morgan fingerprint density at radius 3 is 2.68 bits per heavy atom. The molecule has 0 saturated heterocycles. The second-order valence-electron chi connectivity index (χ2n) is 4.86. The molecule has 106 valence electrons. The lowest BCUT2D eigenvalue weighted by atomic mass is 9.95. The molecule has 1 fully saturated rings. The van der Waals surface area contributed by atoms with Crippen LogP contribution in [-0.4, -0.2) is 22.0 Å². The van der Waals surface area contributed by atoms with Crippen LogP contribution in [0.3, 0.4) is 0 Å². The van der Waals surface area contributed by atoms with E-state index in [4.69, 9.17) is 23.2 Å². The summed E-state index contributed by atoms with van der Waals surface area (Å²) in [5.74, 6) is 0. The minimum atomic E-state index is -1.03. The fraction of sp³-hybridized carbons (Fsp3) is 0.571. The summed E-state index contributed by atoms with van der Waals surface area (Å²) in [7, 11) is -1.03. The van der Waals surface area contributed by atoms with Gasteiger partial charge in [0.25, 0.3) is 0 Å². The number of nitrogens with one attached hydrogen (secondary N) is 1. The second-order valence-corrected chi connectivity index (χ2v) is 7.35. The Balaban J connectivity index is 2.18. The van der Waals surface area contributed by atoms with Gasteiger partial charge >= 0.3 is 0 Å². The van der Waals surface area contributed by atoms with E-state index in [-0.39, 0.29) is 5.25 Å². The van der Waals surface area contributed by atoms with Crippen molar-refractivity contribution in [1.29, 1.82) is 0 Å². The van der Waals surface area contributed by atoms with Crippen LogP contribution >= 0.6 is 23.2 Å². The molecular formula is C14H19Cl2NOS. The lowest BCUT2D eigenvalue weighted by molar-refractivity contribution is 0.385. The van der Waals surface area contributed by atoms with Crippen molar-refractivity contribution in [3.05, 3.63) is 28.2 Å². The molecule has 1 aromatic carbocycles. The lowest BCUT2D eigenvalue weighted by Gasteiger charge is -2.31. The Morgan fingerprint density at radius 1 is 1.26 bits per heavy atom. The SMILES string of the molecule is CCNC1CCCCC1S(=O)c1ccc(Cl)c(Cl)c1. The first-order valence-corrected chi connectivity index (χ1v) is 8.69. The first kappa shape index (κ1) is 15.3. The third kappa shape index (κ3) is 3.72. The Kier molecular flexibility index (Phi) is 5.70. The van der Waals surface area contributed by atoms with Crippen molar-refractivity contribution in [1.82, 2.24) is 5.32 Å². The first-order chi connectivity index (χ1) is 9.13. The minimum Gasteiger partial charge on any atom is -0.313 e. The standard InChI is InChI=1S/C14H19Cl2NOS/c1-2-17-13-5-3-4-6-14(13)19(18)10-7-8-11(15)12(16)9-10/h7-9,13-14,17H,2-6H2,1H3. The van der Waals surface area contributed by atoms with E-state index in [1.807, 2.05) is 6.07 Å². The van der Waals surface area contributed by atoms with Crippen molar-refractivity contribution in [3.8, 4) is 0 Å². The Morgan fingerprint density at radius 2 is 2.00 bits per heavy atom. The largest absolute Gasteiger partial charge is 0.313 e. The normalized spacial score (nSPS) is 25.2. The van der Waals surface area contributed by atoms with Gasteiger partial charge in [-0.15, -0.1) is 0 Å². The Bertz CT molecular complexity index is 465. The summed E-state index contributed by atoms with van der Waals surface area (Å²) in [4.78, 5) is 0.782. The van der Waals surface area contributed by atoms with E-state index in [0.29, 0.717) is 16.1 Å². The summed E-state index contributed by atoms with van der Waals surface area (Å²) < 4.78 is 12.7. The summed E-state index contributed by atoms with van der Waals surface area (Å²) in [5.41, 5.74) is 0. The molecule has 0 heterocycles. The average Bonchev–Trinajstić information content (AvgIpc) is 2.42. The maximum Gasteiger partial charge on any atom is 0.0604 e. The van der Waals surface area contributed by atoms with Gasteiger partial charge in [-0.1, -0.05) is 43.0 Å². The molecule has 5 heteroatoms. The van der Waals surface area contributed by atoms with E-state index in [0.717, 1.165) is 30.7 Å². The molecule has 2 rings (SSSR count). The topological polar surface area (TPSA) is 29.1 Å². The van der Waals surface area contributed by atoms with Crippen LogP contribution in [0.5, 0.6) is 0 Å². The van der Waals surface area contributed by atoms with Crippen molar-refractivity contribution >= 4 is 34.0 Å². The molecular weight excluding hydrogens is 301 g/mol. The predicted octanol–water partition coefficient (Wildman–Crippen LogP) is 4.02. The Hall–Kier alpha value is -0.0900. The minimum absolute atomic E-state index is 0.172. The van der Waals surface area contributed by atoms with Crippen LogP contribution in [0.1, 0.15) is 32.6 Å². The van der Waals surface area contributed by atoms with Gasteiger partial charge in [-0.2, -0.15) is 0 Å². The van der Waals surface area contributed by atoms with Crippen LogP contribution in [-0.2, 0) is 10.8 Å². The average molecular weight is 320 g/mol. The molecule has 1 aliphatic rings. The summed E-state index contributed by atoms with van der Waals surface area (Å²) >= 11 is 11.9. The van der Waals surface area contributed by atoms with E-state index in [9.17, 15) is 4.21 Å². The summed E-state index contributed by atoms with van der Waals surface area (Å²) in [5, 5.41) is 4.62. The first-order valence-electron chi connectivity index (χ1n) is 6.72. The van der Waals surface area contributed by atoms with Gasteiger partial charge in [-0.05, 0) is 37.6 Å². The molecule has 0 aliphatic heterocycles. The predicted molar refractivity (Wildman–Crippen MR) is 82.6 cm³/mol. The molecule has 0 aromatic heterocycles. The van der Waals surface area contributed by atoms with Gasteiger partial charge in [0.05, 0.1) is 26.1 Å². The number of hydrogen-bond acceptors (Lipinski definition) is 2. The van der Waals surface area contributed by atoms with Crippen molar-refractivity contribution < 1.29 is 4.21 Å². The third-order valence-electron chi connectivity index (χ3n) is 3.57. The summed E-state index contributed by atoms with van der Waals surface area (Å²) in [6.45, 7) is 3.01. The van der Waals surface area contributed by atoms with Gasteiger partial charge < -0.3 is 5.32 Å². The van der Waals surface area contributed by atoms with Crippen LogP contribution in [0.2, 0.25) is 10.0 Å². The number of halogens is 2. The lowest BCUT2D eigenvalue weighted by Crippen LogP contribution is -2.44. The molecule has 0 bridgehead atoms. The second kappa shape index (κ2) is 7.07. The van der Waals surface area contributed by atoms with Gasteiger partial charge in [-0.25, -0.2) is 0 Å². The van der Waals surface area contributed by atoms with E-state index in [1.165, 1.54) is 6.42 Å². The molecule has 0 spiro atoms. The highest BCUT2D eigenvalue weighted by molar-refractivity contribution is 7.85. The van der Waals surface area contributed by atoms with Crippen LogP contribution < -0.4 is 5.32 Å². The van der Waals surface area contributed by atoms with Gasteiger partial charge in [-0.3, -0.25) is 4.21 Å². The van der Waals surface area contributed by atoms with Crippen LogP contribution in [0, 0.1) is 0 Å². The molecule has 0 radical (unpaired) electrons. The highest BCUT2D eigenvalue weighted by Crippen LogP contribution is 2.29. The number of rotatable bonds is 4. The molecule has 1 aromatic rings. The molecule has 2 nitrogen and oxygen atoms in total. The maximum absolute atomic E-state index is 12.7. The molecule has 1 saturated carbocycles. The summed E-state index contributed by atoms with van der Waals surface area (Å²) in [6, 6.07) is 5.62. The zero-order valence-electron chi connectivity index (χ0n) is 11.0. The molecule has 19 heavy (non-hydrogen) atoms. The zero-order valence-corrected chi connectivity index (χ0v) is 13.3. The van der Waals surface area contributed by atoms with Gasteiger partial charge in [0.2, 0.25) is 0 Å². The van der Waals surface area contributed by atoms with Crippen molar-refractivity contribution in [2.45, 2.75) is 48.8 Å². The maximum atomic E-state index is 12.7. The quantitative estimate of drug-likeness (QED) is 0.908. The van der Waals surface area contributed by atoms with E-state index >= 15 is 0 Å².